The lowest BCUT2D eigenvalue weighted by Gasteiger charge is -2.08. The molecule has 0 saturated carbocycles. The maximum Gasteiger partial charge on any atom is 0.236 e. The summed E-state index contributed by atoms with van der Waals surface area (Å²) in [5.41, 5.74) is 2.36. The maximum atomic E-state index is 10.3. The summed E-state index contributed by atoms with van der Waals surface area (Å²) in [5.74, 6) is -0.138. The van der Waals surface area contributed by atoms with Crippen LogP contribution >= 0.6 is 0 Å². The van der Waals surface area contributed by atoms with E-state index in [1.807, 2.05) is 20.8 Å². The van der Waals surface area contributed by atoms with Gasteiger partial charge in [0, 0.05) is 13.1 Å². The summed E-state index contributed by atoms with van der Waals surface area (Å²) in [6.07, 6.45) is 1.70. The van der Waals surface area contributed by atoms with E-state index in [0.29, 0.717) is 0 Å². The molecule has 0 heterocycles. The van der Waals surface area contributed by atoms with Crippen molar-refractivity contribution in [3.8, 4) is 0 Å². The lowest BCUT2D eigenvalue weighted by Crippen LogP contribution is -2.16. The van der Waals surface area contributed by atoms with Gasteiger partial charge in [-0.05, 0) is 5.41 Å². The van der Waals surface area contributed by atoms with Crippen LogP contribution in [0.15, 0.2) is 5.10 Å². The fourth-order valence-corrected chi connectivity index (χ4v) is 0.317. The van der Waals surface area contributed by atoms with E-state index in [4.69, 9.17) is 0 Å². The topological polar surface area (TPSA) is 41.5 Å². The van der Waals surface area contributed by atoms with Crippen molar-refractivity contribution in [3.05, 3.63) is 0 Å². The van der Waals surface area contributed by atoms with Crippen LogP contribution in [0.2, 0.25) is 0 Å². The molecule has 1 N–H and O–H groups in total. The standard InChI is InChI=1S/C7H14N2O/c1-6(10)9-8-5-7(2,3)4/h5H,1-4H3,(H,9,10)/b8-5+. The van der Waals surface area contributed by atoms with E-state index in [2.05, 4.69) is 10.5 Å². The second-order valence-electron chi connectivity index (χ2n) is 3.29. The average molecular weight is 142 g/mol. The highest BCUT2D eigenvalue weighted by Crippen LogP contribution is 2.07. The molecule has 0 aliphatic heterocycles. The van der Waals surface area contributed by atoms with Crippen LogP contribution in [0.4, 0.5) is 0 Å². The van der Waals surface area contributed by atoms with Crippen LogP contribution in [0.25, 0.3) is 0 Å². The number of carbonyl (C=O) groups is 1. The highest BCUT2D eigenvalue weighted by molar-refractivity contribution is 5.74. The third-order valence-electron chi connectivity index (χ3n) is 0.674. The quantitative estimate of drug-likeness (QED) is 0.433. The molecule has 10 heavy (non-hydrogen) atoms. The maximum absolute atomic E-state index is 10.3. The number of hydrazone groups is 1. The smallest absolute Gasteiger partial charge is 0.236 e. The second-order valence-corrected chi connectivity index (χ2v) is 3.29. The largest absolute Gasteiger partial charge is 0.274 e. The summed E-state index contributed by atoms with van der Waals surface area (Å²) < 4.78 is 0. The van der Waals surface area contributed by atoms with Crippen molar-refractivity contribution in [1.29, 1.82) is 0 Å². The number of hydrogen-bond acceptors (Lipinski definition) is 2. The highest BCUT2D eigenvalue weighted by Gasteiger charge is 2.04. The van der Waals surface area contributed by atoms with E-state index in [9.17, 15) is 4.79 Å². The van der Waals surface area contributed by atoms with Gasteiger partial charge in [0.25, 0.3) is 0 Å². The van der Waals surface area contributed by atoms with Crippen LogP contribution in [0.1, 0.15) is 27.7 Å². The van der Waals surface area contributed by atoms with Crippen LogP contribution in [-0.2, 0) is 4.79 Å². The van der Waals surface area contributed by atoms with Crippen molar-refractivity contribution in [2.24, 2.45) is 10.5 Å². The Morgan fingerprint density at radius 1 is 1.50 bits per heavy atom. The minimum absolute atomic E-state index is 0.0302. The minimum atomic E-state index is -0.138. The van der Waals surface area contributed by atoms with Crippen molar-refractivity contribution >= 4 is 12.1 Å². The normalized spacial score (nSPS) is 12.0. The highest BCUT2D eigenvalue weighted by atomic mass is 16.2. The second kappa shape index (κ2) is 3.34. The van der Waals surface area contributed by atoms with Gasteiger partial charge in [-0.3, -0.25) is 4.79 Å². The van der Waals surface area contributed by atoms with Crippen LogP contribution < -0.4 is 5.43 Å². The zero-order chi connectivity index (χ0) is 8.20. The number of rotatable bonds is 1. The summed E-state index contributed by atoms with van der Waals surface area (Å²) in [6.45, 7) is 7.47. The summed E-state index contributed by atoms with van der Waals surface area (Å²) in [5, 5.41) is 3.72. The first-order valence-electron chi connectivity index (χ1n) is 3.22. The number of carbonyl (C=O) groups excluding carboxylic acids is 1. The molecule has 0 fully saturated rings. The third kappa shape index (κ3) is 7.14. The van der Waals surface area contributed by atoms with Gasteiger partial charge in [-0.1, -0.05) is 20.8 Å². The third-order valence-corrected chi connectivity index (χ3v) is 0.674. The number of amides is 1. The molecule has 0 atom stereocenters. The van der Waals surface area contributed by atoms with Crippen LogP contribution in [0, 0.1) is 5.41 Å². The van der Waals surface area contributed by atoms with Gasteiger partial charge in [-0.2, -0.15) is 5.10 Å². The Balaban J connectivity index is 3.67. The Labute approximate surface area is 61.5 Å². The van der Waals surface area contributed by atoms with Crippen LogP contribution in [0.5, 0.6) is 0 Å². The van der Waals surface area contributed by atoms with Crippen LogP contribution in [-0.4, -0.2) is 12.1 Å². The molecule has 58 valence electrons. The molecule has 0 aliphatic carbocycles. The number of nitrogens with zero attached hydrogens (tertiary/aromatic N) is 1. The summed E-state index contributed by atoms with van der Waals surface area (Å²) in [6, 6.07) is 0. The lowest BCUT2D eigenvalue weighted by atomic mass is 9.99. The molecule has 0 aromatic rings. The predicted molar refractivity (Wildman–Crippen MR) is 41.8 cm³/mol. The molecule has 0 aromatic heterocycles. The monoisotopic (exact) mass is 142 g/mol. The Bertz CT molecular complexity index is 144. The van der Waals surface area contributed by atoms with E-state index < -0.39 is 0 Å². The van der Waals surface area contributed by atoms with Gasteiger partial charge >= 0.3 is 0 Å². The molecular formula is C7H14N2O. The fourth-order valence-electron chi connectivity index (χ4n) is 0.317. The molecule has 0 aliphatic rings. The molecule has 0 saturated heterocycles. The van der Waals surface area contributed by atoms with E-state index in [-0.39, 0.29) is 11.3 Å². The number of hydrogen-bond donors (Lipinski definition) is 1. The molecular weight excluding hydrogens is 128 g/mol. The SMILES string of the molecule is CC(=O)N/N=C/C(C)(C)C. The average Bonchev–Trinajstić information content (AvgIpc) is 1.59. The predicted octanol–water partition coefficient (Wildman–Crippen LogP) is 1.15. The number of nitrogens with one attached hydrogen (secondary N) is 1. The van der Waals surface area contributed by atoms with Gasteiger partial charge in [-0.15, -0.1) is 0 Å². The van der Waals surface area contributed by atoms with Gasteiger partial charge in [0.15, 0.2) is 0 Å². The van der Waals surface area contributed by atoms with Crippen molar-refractivity contribution < 1.29 is 4.79 Å². The first kappa shape index (κ1) is 9.14. The summed E-state index contributed by atoms with van der Waals surface area (Å²) >= 11 is 0. The molecule has 0 rings (SSSR count). The van der Waals surface area contributed by atoms with E-state index in [1.165, 1.54) is 6.92 Å². The molecule has 3 heteroatoms. The zero-order valence-corrected chi connectivity index (χ0v) is 6.93. The van der Waals surface area contributed by atoms with Gasteiger partial charge < -0.3 is 0 Å². The molecule has 0 aromatic carbocycles. The Kier molecular flexibility index (Phi) is 3.06. The Morgan fingerprint density at radius 2 is 2.00 bits per heavy atom. The fraction of sp³-hybridized carbons (Fsp3) is 0.714. The first-order chi connectivity index (χ1) is 4.42. The Morgan fingerprint density at radius 3 is 2.30 bits per heavy atom. The first-order valence-corrected chi connectivity index (χ1v) is 3.22. The lowest BCUT2D eigenvalue weighted by molar-refractivity contribution is -0.118. The van der Waals surface area contributed by atoms with Gasteiger partial charge in [0.05, 0.1) is 0 Å². The van der Waals surface area contributed by atoms with Crippen molar-refractivity contribution in [1.82, 2.24) is 5.43 Å². The molecule has 3 nitrogen and oxygen atoms in total. The molecule has 0 spiro atoms. The van der Waals surface area contributed by atoms with Gasteiger partial charge in [-0.25, -0.2) is 5.43 Å². The summed E-state index contributed by atoms with van der Waals surface area (Å²) in [7, 11) is 0. The van der Waals surface area contributed by atoms with Crippen molar-refractivity contribution in [2.75, 3.05) is 0 Å². The zero-order valence-electron chi connectivity index (χ0n) is 6.93. The van der Waals surface area contributed by atoms with E-state index in [0.717, 1.165) is 0 Å². The van der Waals surface area contributed by atoms with E-state index >= 15 is 0 Å². The summed E-state index contributed by atoms with van der Waals surface area (Å²) in [4.78, 5) is 10.3. The van der Waals surface area contributed by atoms with Crippen molar-refractivity contribution in [2.45, 2.75) is 27.7 Å². The van der Waals surface area contributed by atoms with Gasteiger partial charge in [0.1, 0.15) is 0 Å². The minimum Gasteiger partial charge on any atom is -0.274 e. The molecule has 0 bridgehead atoms. The van der Waals surface area contributed by atoms with Gasteiger partial charge in [0.2, 0.25) is 5.91 Å². The van der Waals surface area contributed by atoms with Crippen molar-refractivity contribution in [3.63, 3.8) is 0 Å². The molecule has 1 amide bonds. The Hall–Kier alpha value is -0.860. The molecule has 0 radical (unpaired) electrons. The molecule has 0 unspecified atom stereocenters. The van der Waals surface area contributed by atoms with Crippen LogP contribution in [0.3, 0.4) is 0 Å². The van der Waals surface area contributed by atoms with E-state index in [1.54, 1.807) is 6.21 Å².